The number of hydrogen-bond acceptors (Lipinski definition) is 3. The van der Waals surface area contributed by atoms with Crippen molar-refractivity contribution < 1.29 is 23.8 Å². The molecule has 1 fully saturated rings. The average Bonchev–Trinajstić information content (AvgIpc) is 2.30. The molecule has 0 unspecified atom stereocenters. The van der Waals surface area contributed by atoms with Crippen molar-refractivity contribution in [2.75, 3.05) is 13.0 Å². The molecule has 1 aliphatic heterocycles. The minimum Gasteiger partial charge on any atom is -0.385 e. The van der Waals surface area contributed by atoms with E-state index >= 15 is 0 Å². The molecule has 0 spiro atoms. The second-order valence-corrected chi connectivity index (χ2v) is 4.28. The van der Waals surface area contributed by atoms with E-state index in [-0.39, 0.29) is 12.1 Å². The average molecular weight is 192 g/mol. The van der Waals surface area contributed by atoms with E-state index in [1.54, 1.807) is 0 Å². The zero-order valence-electron chi connectivity index (χ0n) is 6.42. The highest BCUT2D eigenvalue weighted by Crippen LogP contribution is 2.35. The molecule has 0 aromatic carbocycles. The second kappa shape index (κ2) is 3.90. The molecule has 68 valence electrons. The summed E-state index contributed by atoms with van der Waals surface area (Å²) in [5, 5.41) is 0. The summed E-state index contributed by atoms with van der Waals surface area (Å²) in [6.07, 6.45) is -0.360. The highest BCUT2D eigenvalue weighted by molar-refractivity contribution is 7.51. The van der Waals surface area contributed by atoms with E-state index in [9.17, 15) is 4.57 Å². The molecule has 0 bridgehead atoms. The van der Waals surface area contributed by atoms with Gasteiger partial charge in [0.2, 0.25) is 0 Å². The zero-order valence-corrected chi connectivity index (χ0v) is 7.31. The Bertz CT molecular complexity index is 192. The summed E-state index contributed by atoms with van der Waals surface area (Å²) in [6, 6.07) is -0.369. The standard InChI is InChI=1S/C5H10BO5P/c6-5-1-4(2-10-5)11-3-12(7,8)9/h4-5H,1-3H2,(H2,7,8,9)/t4-,5-/m1/s1. The first-order valence-electron chi connectivity index (χ1n) is 3.51. The summed E-state index contributed by atoms with van der Waals surface area (Å²) >= 11 is 0. The maximum absolute atomic E-state index is 10.4. The van der Waals surface area contributed by atoms with Crippen LogP contribution in [0.15, 0.2) is 0 Å². The van der Waals surface area contributed by atoms with Gasteiger partial charge in [0.05, 0.1) is 12.7 Å². The summed E-state index contributed by atoms with van der Waals surface area (Å²) in [5.74, 6) is 0. The number of rotatable bonds is 3. The second-order valence-electron chi connectivity index (χ2n) is 2.69. The predicted molar refractivity (Wildman–Crippen MR) is 41.9 cm³/mol. The van der Waals surface area contributed by atoms with Gasteiger partial charge in [0, 0.05) is 6.00 Å². The molecule has 1 aliphatic rings. The minimum absolute atomic E-state index is 0.285. The highest BCUT2D eigenvalue weighted by Gasteiger charge is 2.24. The van der Waals surface area contributed by atoms with Crippen LogP contribution in [0.5, 0.6) is 0 Å². The van der Waals surface area contributed by atoms with Crippen molar-refractivity contribution in [3.05, 3.63) is 0 Å². The van der Waals surface area contributed by atoms with Crippen molar-refractivity contribution >= 4 is 15.4 Å². The van der Waals surface area contributed by atoms with E-state index in [0.29, 0.717) is 13.0 Å². The molecule has 2 N–H and O–H groups in total. The minimum atomic E-state index is -4.06. The van der Waals surface area contributed by atoms with Crippen LogP contribution in [0.4, 0.5) is 0 Å². The van der Waals surface area contributed by atoms with Crippen LogP contribution in [0, 0.1) is 0 Å². The van der Waals surface area contributed by atoms with Gasteiger partial charge in [-0.15, -0.1) is 0 Å². The third kappa shape index (κ3) is 3.69. The first-order chi connectivity index (χ1) is 5.47. The van der Waals surface area contributed by atoms with Gasteiger partial charge in [-0.3, -0.25) is 4.57 Å². The van der Waals surface area contributed by atoms with E-state index in [2.05, 4.69) is 0 Å². The van der Waals surface area contributed by atoms with Crippen molar-refractivity contribution in [1.82, 2.24) is 0 Å². The van der Waals surface area contributed by atoms with Gasteiger partial charge in [-0.05, 0) is 6.42 Å². The van der Waals surface area contributed by atoms with Gasteiger partial charge in [-0.25, -0.2) is 0 Å². The Hall–Kier alpha value is 0.135. The Morgan fingerprint density at radius 2 is 2.33 bits per heavy atom. The molecule has 1 saturated heterocycles. The lowest BCUT2D eigenvalue weighted by Crippen LogP contribution is -2.13. The van der Waals surface area contributed by atoms with Crippen LogP contribution in [0.25, 0.3) is 0 Å². The molecular weight excluding hydrogens is 182 g/mol. The van der Waals surface area contributed by atoms with Crippen LogP contribution in [-0.4, -0.2) is 42.7 Å². The molecule has 1 rings (SSSR count). The van der Waals surface area contributed by atoms with Gasteiger partial charge in [0.1, 0.15) is 14.2 Å². The monoisotopic (exact) mass is 192 g/mol. The van der Waals surface area contributed by atoms with Gasteiger partial charge < -0.3 is 19.3 Å². The van der Waals surface area contributed by atoms with Crippen molar-refractivity contribution in [3.8, 4) is 0 Å². The summed E-state index contributed by atoms with van der Waals surface area (Å²) < 4.78 is 20.2. The lowest BCUT2D eigenvalue weighted by molar-refractivity contribution is 0.0593. The molecule has 5 nitrogen and oxygen atoms in total. The quantitative estimate of drug-likeness (QED) is 0.462. The van der Waals surface area contributed by atoms with Crippen LogP contribution in [0.3, 0.4) is 0 Å². The highest BCUT2D eigenvalue weighted by atomic mass is 31.2. The topological polar surface area (TPSA) is 76.0 Å². The molecule has 0 aliphatic carbocycles. The SMILES string of the molecule is [B][C@H]1C[C@@H](OCP(=O)(O)O)CO1. The van der Waals surface area contributed by atoms with E-state index in [0.717, 1.165) is 0 Å². The van der Waals surface area contributed by atoms with Crippen molar-refractivity contribution in [2.24, 2.45) is 0 Å². The largest absolute Gasteiger partial charge is 0.385 e. The fourth-order valence-electron chi connectivity index (χ4n) is 0.945. The zero-order chi connectivity index (χ0) is 9.19. The third-order valence-electron chi connectivity index (χ3n) is 1.47. The molecule has 7 heteroatoms. The molecule has 2 radical (unpaired) electrons. The van der Waals surface area contributed by atoms with E-state index in [1.165, 1.54) is 0 Å². The van der Waals surface area contributed by atoms with Crippen LogP contribution < -0.4 is 0 Å². The van der Waals surface area contributed by atoms with Gasteiger partial charge in [-0.1, -0.05) is 0 Å². The summed E-state index contributed by atoms with van der Waals surface area (Å²) in [6.45, 7) is 0.307. The Kier molecular flexibility index (Phi) is 3.32. The van der Waals surface area contributed by atoms with E-state index in [4.69, 9.17) is 27.1 Å². The predicted octanol–water partition coefficient (Wildman–Crippen LogP) is -0.578. The fraction of sp³-hybridized carbons (Fsp3) is 1.00. The summed E-state index contributed by atoms with van der Waals surface area (Å²) in [7, 11) is 1.31. The Balaban J connectivity index is 2.21. The van der Waals surface area contributed by atoms with Gasteiger partial charge in [0.25, 0.3) is 0 Å². The first-order valence-corrected chi connectivity index (χ1v) is 5.30. The van der Waals surface area contributed by atoms with E-state index in [1.807, 2.05) is 0 Å². The van der Waals surface area contributed by atoms with Gasteiger partial charge in [0.15, 0.2) is 0 Å². The van der Waals surface area contributed by atoms with Crippen molar-refractivity contribution in [1.29, 1.82) is 0 Å². The molecule has 0 saturated carbocycles. The lowest BCUT2D eigenvalue weighted by Gasteiger charge is -2.10. The van der Waals surface area contributed by atoms with Crippen LogP contribution >= 0.6 is 7.60 Å². The Labute approximate surface area is 71.6 Å². The van der Waals surface area contributed by atoms with Crippen molar-refractivity contribution in [3.63, 3.8) is 0 Å². The van der Waals surface area contributed by atoms with Crippen LogP contribution in [-0.2, 0) is 14.0 Å². The summed E-state index contributed by atoms with van der Waals surface area (Å²) in [4.78, 5) is 16.9. The third-order valence-corrected chi connectivity index (χ3v) is 1.96. The normalized spacial score (nSPS) is 30.8. The number of ether oxygens (including phenoxy) is 2. The lowest BCUT2D eigenvalue weighted by atomic mass is 9.97. The smallest absolute Gasteiger partial charge is 0.350 e. The van der Waals surface area contributed by atoms with Gasteiger partial charge in [-0.2, -0.15) is 0 Å². The number of hydrogen-bond donors (Lipinski definition) is 2. The molecule has 1 heterocycles. The maximum Gasteiger partial charge on any atom is 0.350 e. The Morgan fingerprint density at radius 3 is 2.75 bits per heavy atom. The summed E-state index contributed by atoms with van der Waals surface area (Å²) in [5.41, 5.74) is 0. The van der Waals surface area contributed by atoms with Crippen LogP contribution in [0.1, 0.15) is 6.42 Å². The fourth-order valence-corrected chi connectivity index (χ4v) is 1.35. The van der Waals surface area contributed by atoms with Gasteiger partial charge >= 0.3 is 7.60 Å². The maximum atomic E-state index is 10.4. The van der Waals surface area contributed by atoms with E-state index < -0.39 is 13.9 Å². The van der Waals surface area contributed by atoms with Crippen LogP contribution in [0.2, 0.25) is 0 Å². The molecule has 0 aromatic rings. The molecule has 0 aromatic heterocycles. The molecular formula is C5H10BO5P. The molecule has 12 heavy (non-hydrogen) atoms. The molecule has 2 atom stereocenters. The molecule has 0 amide bonds. The first kappa shape index (κ1) is 10.2. The Morgan fingerprint density at radius 1 is 1.67 bits per heavy atom. The van der Waals surface area contributed by atoms with Crippen molar-refractivity contribution in [2.45, 2.75) is 18.5 Å².